The highest BCUT2D eigenvalue weighted by atomic mass is 16.6. The van der Waals surface area contributed by atoms with E-state index in [0.29, 0.717) is 22.6 Å². The summed E-state index contributed by atoms with van der Waals surface area (Å²) in [6.07, 6.45) is 5.31. The highest BCUT2D eigenvalue weighted by Gasteiger charge is 2.27. The van der Waals surface area contributed by atoms with Crippen LogP contribution in [0.3, 0.4) is 0 Å². The lowest BCUT2D eigenvalue weighted by Gasteiger charge is -2.36. The van der Waals surface area contributed by atoms with E-state index in [1.165, 1.54) is 6.42 Å². The molecule has 0 N–H and O–H groups in total. The van der Waals surface area contributed by atoms with E-state index in [-0.39, 0.29) is 5.91 Å². The summed E-state index contributed by atoms with van der Waals surface area (Å²) in [6.45, 7) is 1.57. The number of likely N-dealkylation sites (tertiary alicyclic amines) is 1. The Bertz CT molecular complexity index is 640. The summed E-state index contributed by atoms with van der Waals surface area (Å²) in [4.78, 5) is 14.8. The lowest BCUT2D eigenvalue weighted by molar-refractivity contribution is 0.0585. The van der Waals surface area contributed by atoms with Crippen molar-refractivity contribution < 1.29 is 14.2 Å². The molecule has 2 heterocycles. The number of aromatic nitrogens is 2. The quantitative estimate of drug-likeness (QED) is 0.794. The molecule has 1 atom stereocenters. The minimum absolute atomic E-state index is 0.0759. The molecule has 0 unspecified atom stereocenters. The van der Waals surface area contributed by atoms with Gasteiger partial charge in [0.1, 0.15) is 11.0 Å². The van der Waals surface area contributed by atoms with Gasteiger partial charge in [-0.25, -0.2) is 4.63 Å². The molecule has 2 aromatic rings. The minimum atomic E-state index is 0.0759. The van der Waals surface area contributed by atoms with E-state index in [2.05, 4.69) is 10.3 Å². The van der Waals surface area contributed by atoms with Gasteiger partial charge in [-0.1, -0.05) is 0 Å². The molecule has 3 rings (SSSR count). The molecule has 6 nitrogen and oxygen atoms in total. The van der Waals surface area contributed by atoms with Crippen LogP contribution in [-0.2, 0) is 4.74 Å². The molecule has 1 aliphatic heterocycles. The number of ether oxygens (including phenoxy) is 1. The molecule has 1 amide bonds. The first-order chi connectivity index (χ1) is 10.8. The Labute approximate surface area is 129 Å². The van der Waals surface area contributed by atoms with Crippen molar-refractivity contribution in [1.29, 1.82) is 0 Å². The minimum Gasteiger partial charge on any atom is -0.385 e. The summed E-state index contributed by atoms with van der Waals surface area (Å²) >= 11 is 0. The first-order valence-corrected chi connectivity index (χ1v) is 7.82. The number of rotatable bonds is 5. The maximum absolute atomic E-state index is 12.8. The van der Waals surface area contributed by atoms with Crippen LogP contribution in [0.25, 0.3) is 11.0 Å². The van der Waals surface area contributed by atoms with Crippen LogP contribution >= 0.6 is 0 Å². The van der Waals surface area contributed by atoms with Gasteiger partial charge >= 0.3 is 0 Å². The van der Waals surface area contributed by atoms with E-state index in [1.54, 1.807) is 25.3 Å². The maximum atomic E-state index is 12.8. The first-order valence-electron chi connectivity index (χ1n) is 7.82. The van der Waals surface area contributed by atoms with E-state index in [9.17, 15) is 4.79 Å². The number of hydrogen-bond donors (Lipinski definition) is 0. The first kappa shape index (κ1) is 15.0. The van der Waals surface area contributed by atoms with Crippen molar-refractivity contribution in [3.05, 3.63) is 23.8 Å². The molecule has 0 saturated carbocycles. The number of amides is 1. The largest absolute Gasteiger partial charge is 0.385 e. The van der Waals surface area contributed by atoms with Crippen molar-refractivity contribution in [2.24, 2.45) is 0 Å². The Hall–Kier alpha value is -1.95. The van der Waals surface area contributed by atoms with Crippen molar-refractivity contribution in [3.8, 4) is 0 Å². The van der Waals surface area contributed by atoms with Crippen molar-refractivity contribution in [3.63, 3.8) is 0 Å². The van der Waals surface area contributed by atoms with E-state index in [0.717, 1.165) is 38.8 Å². The summed E-state index contributed by atoms with van der Waals surface area (Å²) in [5, 5.41) is 7.58. The number of fused-ring (bicyclic) bond motifs is 1. The molecule has 1 fully saturated rings. The van der Waals surface area contributed by atoms with Gasteiger partial charge in [0.05, 0.1) is 0 Å². The molecule has 22 heavy (non-hydrogen) atoms. The topological polar surface area (TPSA) is 68.5 Å². The summed E-state index contributed by atoms with van der Waals surface area (Å²) in [5.74, 6) is 0.0759. The summed E-state index contributed by atoms with van der Waals surface area (Å²) in [6, 6.07) is 5.65. The van der Waals surface area contributed by atoms with Crippen molar-refractivity contribution in [2.75, 3.05) is 20.3 Å². The Morgan fingerprint density at radius 2 is 2.23 bits per heavy atom. The summed E-state index contributed by atoms with van der Waals surface area (Å²) in [7, 11) is 1.71. The van der Waals surface area contributed by atoms with E-state index >= 15 is 0 Å². The molecule has 0 aliphatic carbocycles. The predicted octanol–water partition coefficient (Wildman–Crippen LogP) is 2.64. The second-order valence-corrected chi connectivity index (χ2v) is 5.75. The van der Waals surface area contributed by atoms with Crippen LogP contribution < -0.4 is 0 Å². The van der Waals surface area contributed by atoms with E-state index in [1.807, 2.05) is 4.90 Å². The van der Waals surface area contributed by atoms with Crippen LogP contribution in [-0.4, -0.2) is 47.4 Å². The van der Waals surface area contributed by atoms with Gasteiger partial charge in [0.2, 0.25) is 0 Å². The van der Waals surface area contributed by atoms with Gasteiger partial charge in [0, 0.05) is 31.9 Å². The zero-order chi connectivity index (χ0) is 15.4. The molecular formula is C16H21N3O3. The van der Waals surface area contributed by atoms with Crippen LogP contribution in [0.5, 0.6) is 0 Å². The molecule has 118 valence electrons. The number of carbonyl (C=O) groups is 1. The number of benzene rings is 1. The third-order valence-corrected chi connectivity index (χ3v) is 4.27. The fourth-order valence-corrected chi connectivity index (χ4v) is 3.11. The number of piperidine rings is 1. The fourth-order valence-electron chi connectivity index (χ4n) is 3.11. The van der Waals surface area contributed by atoms with E-state index in [4.69, 9.17) is 9.37 Å². The predicted molar refractivity (Wildman–Crippen MR) is 81.6 cm³/mol. The van der Waals surface area contributed by atoms with Crippen molar-refractivity contribution >= 4 is 16.9 Å². The van der Waals surface area contributed by atoms with Crippen LogP contribution in [0.2, 0.25) is 0 Å². The van der Waals surface area contributed by atoms with E-state index < -0.39 is 0 Å². The molecule has 1 saturated heterocycles. The monoisotopic (exact) mass is 303 g/mol. The lowest BCUT2D eigenvalue weighted by Crippen LogP contribution is -2.43. The van der Waals surface area contributed by atoms with Gasteiger partial charge in [-0.05, 0) is 60.6 Å². The second-order valence-electron chi connectivity index (χ2n) is 5.75. The summed E-state index contributed by atoms with van der Waals surface area (Å²) < 4.78 is 9.82. The molecular weight excluding hydrogens is 282 g/mol. The average Bonchev–Trinajstić information content (AvgIpc) is 3.02. The highest BCUT2D eigenvalue weighted by Crippen LogP contribution is 2.24. The van der Waals surface area contributed by atoms with Gasteiger partial charge in [-0.15, -0.1) is 0 Å². The number of carbonyl (C=O) groups excluding carboxylic acids is 1. The standard InChI is InChI=1S/C16H21N3O3/c1-21-10-4-6-13-5-2-3-9-19(13)16(20)12-7-8-14-15(11-12)18-22-17-14/h7-8,11,13H,2-6,9-10H2,1H3/t13-/m1/s1. The Kier molecular flexibility index (Phi) is 4.68. The van der Waals surface area contributed by atoms with Gasteiger partial charge in [0.25, 0.3) is 5.91 Å². The molecule has 0 radical (unpaired) electrons. The fraction of sp³-hybridized carbons (Fsp3) is 0.562. The maximum Gasteiger partial charge on any atom is 0.254 e. The zero-order valence-electron chi connectivity index (χ0n) is 12.8. The number of hydrogen-bond acceptors (Lipinski definition) is 5. The van der Waals surface area contributed by atoms with Gasteiger partial charge in [-0.2, -0.15) is 0 Å². The summed E-state index contributed by atoms with van der Waals surface area (Å²) in [5.41, 5.74) is 1.95. The van der Waals surface area contributed by atoms with Crippen LogP contribution in [0.4, 0.5) is 0 Å². The Morgan fingerprint density at radius 3 is 3.09 bits per heavy atom. The van der Waals surface area contributed by atoms with Gasteiger partial charge < -0.3 is 9.64 Å². The zero-order valence-corrected chi connectivity index (χ0v) is 12.8. The van der Waals surface area contributed by atoms with Crippen LogP contribution in [0, 0.1) is 0 Å². The van der Waals surface area contributed by atoms with Gasteiger partial charge in [0.15, 0.2) is 0 Å². The normalized spacial score (nSPS) is 18.8. The Morgan fingerprint density at radius 1 is 1.36 bits per heavy atom. The van der Waals surface area contributed by atoms with Gasteiger partial charge in [-0.3, -0.25) is 4.79 Å². The van der Waals surface area contributed by atoms with Crippen LogP contribution in [0.1, 0.15) is 42.5 Å². The molecule has 6 heteroatoms. The van der Waals surface area contributed by atoms with Crippen molar-refractivity contribution in [2.45, 2.75) is 38.1 Å². The second kappa shape index (κ2) is 6.87. The molecule has 0 bridgehead atoms. The Balaban J connectivity index is 1.75. The highest BCUT2D eigenvalue weighted by molar-refractivity contribution is 5.97. The molecule has 1 aromatic carbocycles. The third-order valence-electron chi connectivity index (χ3n) is 4.27. The molecule has 0 spiro atoms. The average molecular weight is 303 g/mol. The van der Waals surface area contributed by atoms with Crippen LogP contribution in [0.15, 0.2) is 22.8 Å². The lowest BCUT2D eigenvalue weighted by atomic mass is 9.97. The molecule has 1 aliphatic rings. The SMILES string of the molecule is COCCC[C@H]1CCCCN1C(=O)c1ccc2nonc2c1. The third kappa shape index (κ3) is 3.11. The molecule has 1 aromatic heterocycles. The smallest absolute Gasteiger partial charge is 0.254 e. The number of methoxy groups -OCH3 is 1. The van der Waals surface area contributed by atoms with Crippen molar-refractivity contribution in [1.82, 2.24) is 15.2 Å². The number of nitrogens with zero attached hydrogens (tertiary/aromatic N) is 3.